The molecule has 5 heteroatoms. The maximum Gasteiger partial charge on any atom is 0.164 e. The van der Waals surface area contributed by atoms with Crippen LogP contribution >= 0.6 is 0 Å². The molecule has 0 fully saturated rings. The molecule has 3 heterocycles. The molecule has 0 aliphatic heterocycles. The summed E-state index contributed by atoms with van der Waals surface area (Å²) in [5.41, 5.74) is 9.60. The van der Waals surface area contributed by atoms with Crippen LogP contribution in [-0.2, 0) is 0 Å². The molecule has 9 aromatic rings. The van der Waals surface area contributed by atoms with Gasteiger partial charge in [0.1, 0.15) is 0 Å². The maximum atomic E-state index is 4.96. The molecule has 0 saturated heterocycles. The second-order valence-electron chi connectivity index (χ2n) is 12.0. The van der Waals surface area contributed by atoms with E-state index in [2.05, 4.69) is 101 Å². The number of aromatic nitrogens is 5. The van der Waals surface area contributed by atoms with Crippen LogP contribution in [0.2, 0.25) is 0 Å². The zero-order valence-electron chi connectivity index (χ0n) is 26.5. The molecule has 0 N–H and O–H groups in total. The Kier molecular flexibility index (Phi) is 7.06. The van der Waals surface area contributed by atoms with Crippen LogP contribution in [0.4, 0.5) is 0 Å². The molecule has 0 amide bonds. The zero-order chi connectivity index (χ0) is 32.6. The van der Waals surface area contributed by atoms with Crippen molar-refractivity contribution >= 4 is 21.7 Å². The van der Waals surface area contributed by atoms with Crippen molar-refractivity contribution in [3.05, 3.63) is 176 Å². The number of fused-ring (bicyclic) bond motifs is 3. The molecule has 230 valence electrons. The Labute approximate surface area is 283 Å². The Hall–Kier alpha value is -6.72. The molecule has 0 aliphatic rings. The number of hydrogen-bond acceptors (Lipinski definition) is 4. The lowest BCUT2D eigenvalue weighted by Crippen LogP contribution is -2.00. The van der Waals surface area contributed by atoms with Crippen molar-refractivity contribution < 1.29 is 0 Å². The van der Waals surface area contributed by atoms with Gasteiger partial charge in [0.25, 0.3) is 0 Å². The Morgan fingerprint density at radius 3 is 1.61 bits per heavy atom. The molecule has 6 aromatic carbocycles. The van der Waals surface area contributed by atoms with Gasteiger partial charge in [-0.3, -0.25) is 4.98 Å². The van der Waals surface area contributed by atoms with Gasteiger partial charge in [-0.2, -0.15) is 0 Å². The monoisotopic (exact) mass is 627 g/mol. The van der Waals surface area contributed by atoms with E-state index >= 15 is 0 Å². The van der Waals surface area contributed by atoms with Crippen LogP contribution in [0.1, 0.15) is 0 Å². The summed E-state index contributed by atoms with van der Waals surface area (Å²) in [7, 11) is 0. The highest BCUT2D eigenvalue weighted by atomic mass is 15.0. The minimum absolute atomic E-state index is 0.637. The van der Waals surface area contributed by atoms with E-state index in [1.165, 1.54) is 21.7 Å². The first-order chi connectivity index (χ1) is 24.3. The van der Waals surface area contributed by atoms with Crippen molar-refractivity contribution in [2.24, 2.45) is 0 Å². The average molecular weight is 628 g/mol. The summed E-state index contributed by atoms with van der Waals surface area (Å²) in [6.07, 6.45) is 5.93. The third-order valence-corrected chi connectivity index (χ3v) is 8.96. The van der Waals surface area contributed by atoms with E-state index in [4.69, 9.17) is 15.0 Å². The lowest BCUT2D eigenvalue weighted by atomic mass is 9.96. The first-order valence-electron chi connectivity index (χ1n) is 16.3. The second-order valence-corrected chi connectivity index (χ2v) is 12.0. The van der Waals surface area contributed by atoms with Gasteiger partial charge < -0.3 is 4.57 Å². The molecular formula is C44H29N5. The number of nitrogens with zero attached hydrogens (tertiary/aromatic N) is 5. The normalized spacial score (nSPS) is 11.3. The molecule has 0 atom stereocenters. The minimum atomic E-state index is 0.637. The van der Waals surface area contributed by atoms with Crippen molar-refractivity contribution in [3.63, 3.8) is 0 Å². The third kappa shape index (κ3) is 5.33. The van der Waals surface area contributed by atoms with Gasteiger partial charge >= 0.3 is 0 Å². The van der Waals surface area contributed by atoms with Crippen molar-refractivity contribution in [2.45, 2.75) is 0 Å². The Balaban J connectivity index is 1.17. The molecular weight excluding hydrogens is 599 g/mol. The summed E-state index contributed by atoms with van der Waals surface area (Å²) in [5.74, 6) is 1.93. The van der Waals surface area contributed by atoms with Gasteiger partial charge in [-0.05, 0) is 57.8 Å². The topological polar surface area (TPSA) is 56.5 Å². The van der Waals surface area contributed by atoms with Crippen LogP contribution in [0, 0.1) is 0 Å². The van der Waals surface area contributed by atoms with Crippen molar-refractivity contribution in [1.82, 2.24) is 24.5 Å². The largest absolute Gasteiger partial charge is 0.316 e. The average Bonchev–Trinajstić information content (AvgIpc) is 3.59. The van der Waals surface area contributed by atoms with Crippen LogP contribution in [0.5, 0.6) is 0 Å². The van der Waals surface area contributed by atoms with E-state index in [0.29, 0.717) is 17.5 Å². The first-order valence-corrected chi connectivity index (χ1v) is 16.3. The minimum Gasteiger partial charge on any atom is -0.316 e. The molecule has 9 rings (SSSR count). The number of rotatable bonds is 6. The van der Waals surface area contributed by atoms with Gasteiger partial charge in [0.2, 0.25) is 0 Å². The van der Waals surface area contributed by atoms with Crippen molar-refractivity contribution in [1.29, 1.82) is 0 Å². The fraction of sp³-hybridized carbons (Fsp3) is 0. The summed E-state index contributed by atoms with van der Waals surface area (Å²) < 4.78 is 2.27. The van der Waals surface area contributed by atoms with Crippen LogP contribution in [-0.4, -0.2) is 24.5 Å². The number of benzene rings is 6. The highest BCUT2D eigenvalue weighted by Gasteiger charge is 2.16. The molecule has 3 aromatic heterocycles. The third-order valence-electron chi connectivity index (χ3n) is 8.96. The molecule has 0 bridgehead atoms. The summed E-state index contributed by atoms with van der Waals surface area (Å²) in [6.45, 7) is 0. The number of hydrogen-bond donors (Lipinski definition) is 0. The summed E-state index contributed by atoms with van der Waals surface area (Å²) in [6, 6.07) is 54.5. The zero-order valence-corrected chi connectivity index (χ0v) is 26.5. The lowest BCUT2D eigenvalue weighted by molar-refractivity contribution is 1.07. The lowest BCUT2D eigenvalue weighted by Gasteiger charge is -2.10. The van der Waals surface area contributed by atoms with E-state index in [1.54, 1.807) is 0 Å². The van der Waals surface area contributed by atoms with E-state index < -0.39 is 0 Å². The van der Waals surface area contributed by atoms with E-state index in [1.807, 2.05) is 85.2 Å². The fourth-order valence-electron chi connectivity index (χ4n) is 6.59. The molecule has 0 radical (unpaired) electrons. The summed E-state index contributed by atoms with van der Waals surface area (Å²) >= 11 is 0. The fourth-order valence-corrected chi connectivity index (χ4v) is 6.59. The second kappa shape index (κ2) is 12.1. The molecule has 49 heavy (non-hydrogen) atoms. The smallest absolute Gasteiger partial charge is 0.164 e. The highest BCUT2D eigenvalue weighted by molar-refractivity contribution is 6.14. The Bertz CT molecular complexity index is 2540. The number of pyridine rings is 1. The summed E-state index contributed by atoms with van der Waals surface area (Å²) in [5, 5.41) is 3.68. The van der Waals surface area contributed by atoms with E-state index in [0.717, 1.165) is 44.6 Å². The quantitative estimate of drug-likeness (QED) is 0.184. The van der Waals surface area contributed by atoms with E-state index in [-0.39, 0.29) is 0 Å². The van der Waals surface area contributed by atoms with Gasteiger partial charge in [0.05, 0.1) is 5.52 Å². The standard InChI is InChI=1S/C44H29N5/c1-3-12-31(13-4-1)42-46-43(32-14-5-2-6-15-32)48-44(47-42)36-19-10-17-34(28-36)33-16-9-18-35(27-33)39-29-49(37-23-25-45-26-24-37)40-22-21-30-11-7-8-20-38(30)41(39)40/h1-29H. The molecule has 0 aliphatic carbocycles. The van der Waals surface area contributed by atoms with Crippen LogP contribution in [0.15, 0.2) is 176 Å². The highest BCUT2D eigenvalue weighted by Crippen LogP contribution is 2.39. The molecule has 0 spiro atoms. The molecule has 0 saturated carbocycles. The van der Waals surface area contributed by atoms with Crippen LogP contribution in [0.25, 0.3) is 83.8 Å². The van der Waals surface area contributed by atoms with Crippen LogP contribution in [0.3, 0.4) is 0 Å². The first kappa shape index (κ1) is 28.5. The van der Waals surface area contributed by atoms with Gasteiger partial charge in [0.15, 0.2) is 17.5 Å². The molecule has 0 unspecified atom stereocenters. The SMILES string of the molecule is c1ccc(-c2nc(-c3ccccc3)nc(-c3cccc(-c4cccc(-c5cn(-c6ccncc6)c6ccc7ccccc7c56)c4)c3)n2)cc1. The molecule has 5 nitrogen and oxygen atoms in total. The maximum absolute atomic E-state index is 4.96. The van der Waals surface area contributed by atoms with E-state index in [9.17, 15) is 0 Å². The Morgan fingerprint density at radius 2 is 0.939 bits per heavy atom. The predicted octanol–water partition coefficient (Wildman–Crippen LogP) is 10.7. The van der Waals surface area contributed by atoms with Gasteiger partial charge in [-0.15, -0.1) is 0 Å². The van der Waals surface area contributed by atoms with Crippen molar-refractivity contribution in [3.8, 4) is 62.1 Å². The predicted molar refractivity (Wildman–Crippen MR) is 199 cm³/mol. The Morgan fingerprint density at radius 1 is 0.408 bits per heavy atom. The van der Waals surface area contributed by atoms with Gasteiger partial charge in [-0.25, -0.2) is 15.0 Å². The van der Waals surface area contributed by atoms with Gasteiger partial charge in [0, 0.05) is 51.9 Å². The van der Waals surface area contributed by atoms with Crippen molar-refractivity contribution in [2.75, 3.05) is 0 Å². The summed E-state index contributed by atoms with van der Waals surface area (Å²) in [4.78, 5) is 19.1. The van der Waals surface area contributed by atoms with Crippen LogP contribution < -0.4 is 0 Å². The van der Waals surface area contributed by atoms with Gasteiger partial charge in [-0.1, -0.05) is 127 Å².